The van der Waals surface area contributed by atoms with Gasteiger partial charge in [0.15, 0.2) is 0 Å². The summed E-state index contributed by atoms with van der Waals surface area (Å²) in [5.41, 5.74) is 0.142. The number of nitro benzene ring substituents is 1. The SMILES string of the molecule is O=C(CNc1ccccc1S(=O)(=O)c1ccccc1[N+](=O)[O-])Nc1cccnc1. The minimum Gasteiger partial charge on any atom is -0.375 e. The van der Waals surface area contributed by atoms with E-state index in [0.29, 0.717) is 5.69 Å². The number of carbonyl (C=O) groups excluding carboxylic acids is 1. The van der Waals surface area contributed by atoms with Crippen molar-refractivity contribution in [1.82, 2.24) is 4.98 Å². The molecule has 0 aliphatic rings. The van der Waals surface area contributed by atoms with Crippen molar-refractivity contribution in [3.8, 4) is 0 Å². The van der Waals surface area contributed by atoms with E-state index in [9.17, 15) is 23.3 Å². The largest absolute Gasteiger partial charge is 0.375 e. The molecular weight excluding hydrogens is 396 g/mol. The first-order valence-corrected chi connectivity index (χ1v) is 9.89. The Balaban J connectivity index is 1.85. The molecule has 10 heteroatoms. The highest BCUT2D eigenvalue weighted by Gasteiger charge is 2.29. The molecular formula is C19H16N4O5S. The van der Waals surface area contributed by atoms with Crippen LogP contribution >= 0.6 is 0 Å². The normalized spacial score (nSPS) is 10.9. The fourth-order valence-corrected chi connectivity index (χ4v) is 4.22. The summed E-state index contributed by atoms with van der Waals surface area (Å²) >= 11 is 0. The van der Waals surface area contributed by atoms with Crippen LogP contribution in [0.5, 0.6) is 0 Å². The van der Waals surface area contributed by atoms with Crippen LogP contribution in [0.25, 0.3) is 0 Å². The number of hydrogen-bond acceptors (Lipinski definition) is 7. The van der Waals surface area contributed by atoms with Gasteiger partial charge < -0.3 is 10.6 Å². The number of para-hydroxylation sites is 2. The van der Waals surface area contributed by atoms with Gasteiger partial charge in [-0.3, -0.25) is 19.9 Å². The average molecular weight is 412 g/mol. The van der Waals surface area contributed by atoms with Gasteiger partial charge in [0.1, 0.15) is 4.90 Å². The van der Waals surface area contributed by atoms with Crippen molar-refractivity contribution in [2.45, 2.75) is 9.79 Å². The highest BCUT2D eigenvalue weighted by molar-refractivity contribution is 7.91. The Hall–Kier alpha value is -3.79. The maximum Gasteiger partial charge on any atom is 0.288 e. The Kier molecular flexibility index (Phi) is 5.84. The molecule has 0 fully saturated rings. The third kappa shape index (κ3) is 4.55. The first kappa shape index (κ1) is 20.0. The molecule has 3 rings (SSSR count). The van der Waals surface area contributed by atoms with Crippen molar-refractivity contribution < 1.29 is 18.1 Å². The van der Waals surface area contributed by atoms with Crippen molar-refractivity contribution in [2.24, 2.45) is 0 Å². The second-order valence-electron chi connectivity index (χ2n) is 5.87. The fourth-order valence-electron chi connectivity index (χ4n) is 2.62. The number of benzene rings is 2. The third-order valence-corrected chi connectivity index (χ3v) is 5.77. The summed E-state index contributed by atoms with van der Waals surface area (Å²) < 4.78 is 26.1. The van der Waals surface area contributed by atoms with E-state index in [1.165, 1.54) is 42.6 Å². The number of amides is 1. The number of sulfone groups is 1. The highest BCUT2D eigenvalue weighted by Crippen LogP contribution is 2.32. The molecule has 1 amide bonds. The van der Waals surface area contributed by atoms with Crippen molar-refractivity contribution in [3.05, 3.63) is 83.2 Å². The van der Waals surface area contributed by atoms with Crippen LogP contribution in [0.4, 0.5) is 17.1 Å². The minimum absolute atomic E-state index is 0.159. The lowest BCUT2D eigenvalue weighted by atomic mass is 10.3. The van der Waals surface area contributed by atoms with E-state index >= 15 is 0 Å². The lowest BCUT2D eigenvalue weighted by Gasteiger charge is -2.13. The van der Waals surface area contributed by atoms with E-state index in [4.69, 9.17) is 0 Å². The second-order valence-corrected chi connectivity index (χ2v) is 7.75. The first-order chi connectivity index (χ1) is 13.9. The predicted octanol–water partition coefficient (Wildman–Crippen LogP) is 2.87. The lowest BCUT2D eigenvalue weighted by molar-refractivity contribution is -0.387. The van der Waals surface area contributed by atoms with Crippen LogP contribution in [0.15, 0.2) is 82.8 Å². The van der Waals surface area contributed by atoms with Gasteiger partial charge in [-0.25, -0.2) is 8.42 Å². The Labute approximate surface area is 166 Å². The molecule has 0 unspecified atom stereocenters. The Bertz CT molecular complexity index is 1150. The third-order valence-electron chi connectivity index (χ3n) is 3.91. The van der Waals surface area contributed by atoms with Crippen molar-refractivity contribution in [3.63, 3.8) is 0 Å². The molecule has 3 aromatic rings. The highest BCUT2D eigenvalue weighted by atomic mass is 32.2. The van der Waals surface area contributed by atoms with Crippen molar-refractivity contribution in [2.75, 3.05) is 17.2 Å². The number of nitrogens with zero attached hydrogens (tertiary/aromatic N) is 2. The van der Waals surface area contributed by atoms with Crippen LogP contribution in [-0.4, -0.2) is 30.8 Å². The summed E-state index contributed by atoms with van der Waals surface area (Å²) in [5, 5.41) is 16.6. The number of pyridine rings is 1. The molecule has 1 heterocycles. The molecule has 0 saturated carbocycles. The number of nitro groups is 1. The molecule has 0 aliphatic carbocycles. The van der Waals surface area contributed by atoms with Gasteiger partial charge in [-0.15, -0.1) is 0 Å². The number of rotatable bonds is 7. The average Bonchev–Trinajstić information content (AvgIpc) is 2.73. The van der Waals surface area contributed by atoms with Crippen LogP contribution < -0.4 is 10.6 Å². The molecule has 0 aliphatic heterocycles. The van der Waals surface area contributed by atoms with Gasteiger partial charge in [0, 0.05) is 12.3 Å². The lowest BCUT2D eigenvalue weighted by Crippen LogP contribution is -2.22. The van der Waals surface area contributed by atoms with Crippen LogP contribution in [-0.2, 0) is 14.6 Å². The standard InChI is InChI=1S/C19H16N4O5S/c24-19(22-14-6-5-11-20-12-14)13-21-15-7-1-3-9-17(15)29(27,28)18-10-4-2-8-16(18)23(25)26/h1-12,21H,13H2,(H,22,24). The van der Waals surface area contributed by atoms with Gasteiger partial charge in [-0.05, 0) is 30.3 Å². The van der Waals surface area contributed by atoms with E-state index in [-0.39, 0.29) is 17.1 Å². The van der Waals surface area contributed by atoms with Gasteiger partial charge in [-0.2, -0.15) is 0 Å². The summed E-state index contributed by atoms with van der Waals surface area (Å²) in [5.74, 6) is -0.407. The maximum absolute atomic E-state index is 13.1. The topological polar surface area (TPSA) is 131 Å². The zero-order valence-electron chi connectivity index (χ0n) is 15.0. The van der Waals surface area contributed by atoms with E-state index in [1.807, 2.05) is 0 Å². The van der Waals surface area contributed by atoms with E-state index in [1.54, 1.807) is 24.4 Å². The zero-order chi connectivity index (χ0) is 20.9. The van der Waals surface area contributed by atoms with Crippen molar-refractivity contribution in [1.29, 1.82) is 0 Å². The van der Waals surface area contributed by atoms with Crippen LogP contribution in [0.1, 0.15) is 0 Å². The van der Waals surface area contributed by atoms with Crippen LogP contribution in [0.3, 0.4) is 0 Å². The molecule has 2 N–H and O–H groups in total. The maximum atomic E-state index is 13.1. The minimum atomic E-state index is -4.20. The molecule has 9 nitrogen and oxygen atoms in total. The van der Waals surface area contributed by atoms with Gasteiger partial charge >= 0.3 is 0 Å². The molecule has 0 spiro atoms. The second kappa shape index (κ2) is 8.48. The van der Waals surface area contributed by atoms with E-state index < -0.39 is 31.3 Å². The number of anilines is 2. The fraction of sp³-hybridized carbons (Fsp3) is 0.0526. The Morgan fingerprint density at radius 3 is 2.38 bits per heavy atom. The zero-order valence-corrected chi connectivity index (χ0v) is 15.8. The quantitative estimate of drug-likeness (QED) is 0.450. The first-order valence-electron chi connectivity index (χ1n) is 8.41. The summed E-state index contributed by atoms with van der Waals surface area (Å²) in [6.45, 7) is -0.210. The molecule has 29 heavy (non-hydrogen) atoms. The van der Waals surface area contributed by atoms with Gasteiger partial charge in [-0.1, -0.05) is 24.3 Å². The molecule has 0 radical (unpaired) electrons. The van der Waals surface area contributed by atoms with E-state index in [2.05, 4.69) is 15.6 Å². The number of nitrogens with one attached hydrogen (secondary N) is 2. The summed E-state index contributed by atoms with van der Waals surface area (Å²) in [6.07, 6.45) is 3.04. The Morgan fingerprint density at radius 2 is 1.69 bits per heavy atom. The monoisotopic (exact) mass is 412 g/mol. The number of aromatic nitrogens is 1. The molecule has 2 aromatic carbocycles. The molecule has 1 aromatic heterocycles. The summed E-state index contributed by atoms with van der Waals surface area (Å²) in [6, 6.07) is 14.4. The van der Waals surface area contributed by atoms with Crippen LogP contribution in [0, 0.1) is 10.1 Å². The molecule has 0 saturated heterocycles. The Morgan fingerprint density at radius 1 is 1.00 bits per heavy atom. The summed E-state index contributed by atoms with van der Waals surface area (Å²) in [7, 11) is -4.20. The number of hydrogen-bond donors (Lipinski definition) is 2. The molecule has 0 bridgehead atoms. The molecule has 148 valence electrons. The summed E-state index contributed by atoms with van der Waals surface area (Å²) in [4.78, 5) is 25.9. The number of carbonyl (C=O) groups is 1. The van der Waals surface area contributed by atoms with E-state index in [0.717, 1.165) is 6.07 Å². The van der Waals surface area contributed by atoms with Gasteiger partial charge in [0.05, 0.1) is 33.9 Å². The van der Waals surface area contributed by atoms with Gasteiger partial charge in [0.25, 0.3) is 5.69 Å². The molecule has 0 atom stereocenters. The predicted molar refractivity (Wildman–Crippen MR) is 106 cm³/mol. The van der Waals surface area contributed by atoms with Crippen LogP contribution in [0.2, 0.25) is 0 Å². The van der Waals surface area contributed by atoms with Gasteiger partial charge in [0.2, 0.25) is 15.7 Å². The smallest absolute Gasteiger partial charge is 0.288 e. The van der Waals surface area contributed by atoms with Crippen molar-refractivity contribution >= 4 is 32.8 Å².